The predicted molar refractivity (Wildman–Crippen MR) is 126 cm³/mol. The van der Waals surface area contributed by atoms with Crippen molar-refractivity contribution in [3.63, 3.8) is 0 Å². The van der Waals surface area contributed by atoms with Crippen LogP contribution in [0.2, 0.25) is 0 Å². The molecule has 3 heterocycles. The maximum Gasteiger partial charge on any atom is 0.352 e. The van der Waals surface area contributed by atoms with Gasteiger partial charge in [0.15, 0.2) is 0 Å². The Balaban J connectivity index is 1.55. The van der Waals surface area contributed by atoms with Crippen LogP contribution in [0.25, 0.3) is 6.08 Å². The van der Waals surface area contributed by atoms with Gasteiger partial charge in [0.05, 0.1) is 27.9 Å². The van der Waals surface area contributed by atoms with Crippen LogP contribution in [-0.2, 0) is 20.8 Å². The minimum Gasteiger partial charge on any atom is -0.477 e. The number of β-lactam (4-membered cyclic amide) rings is 1. The summed E-state index contributed by atoms with van der Waals surface area (Å²) < 4.78 is 0. The maximum atomic E-state index is 12.7. The van der Waals surface area contributed by atoms with E-state index < -0.39 is 44.5 Å². The van der Waals surface area contributed by atoms with Crippen LogP contribution in [0, 0.1) is 20.2 Å². The standard InChI is InChI=1S/C21H16N4O8S2/c26-16(9-14-2-1-7-34-14)22-17-19(27)23-18(21(28)29)12(10-35-20(17)23)4-3-11-5-6-13(24(30)31)8-15(11)25(32)33/h1-8,17,20H,9-10H2,(H,22,26)(H,28,29)/t17-,20-/m1/s1. The number of nitro benzene ring substituents is 2. The van der Waals surface area contributed by atoms with Crippen molar-refractivity contribution >= 4 is 58.3 Å². The zero-order valence-corrected chi connectivity index (χ0v) is 19.3. The van der Waals surface area contributed by atoms with E-state index in [1.807, 2.05) is 11.4 Å². The van der Waals surface area contributed by atoms with Gasteiger partial charge in [-0.1, -0.05) is 12.1 Å². The van der Waals surface area contributed by atoms with E-state index in [1.54, 1.807) is 6.07 Å². The van der Waals surface area contributed by atoms with Gasteiger partial charge < -0.3 is 10.4 Å². The number of carboxylic acids is 1. The minimum absolute atomic E-state index is 0.0404. The molecule has 1 fully saturated rings. The summed E-state index contributed by atoms with van der Waals surface area (Å²) in [4.78, 5) is 59.7. The molecule has 1 aromatic carbocycles. The largest absolute Gasteiger partial charge is 0.477 e. The number of amides is 2. The Bertz CT molecular complexity index is 1300. The molecule has 0 bridgehead atoms. The summed E-state index contributed by atoms with van der Waals surface area (Å²) in [5, 5.41) is 35.9. The average Bonchev–Trinajstić information content (AvgIpc) is 3.33. The number of nitrogens with zero attached hydrogens (tertiary/aromatic N) is 3. The Morgan fingerprint density at radius 3 is 2.60 bits per heavy atom. The number of rotatable bonds is 8. The van der Waals surface area contributed by atoms with Crippen LogP contribution in [0.5, 0.6) is 0 Å². The molecule has 2 atom stereocenters. The second-order valence-corrected chi connectivity index (χ2v) is 9.62. The molecule has 35 heavy (non-hydrogen) atoms. The summed E-state index contributed by atoms with van der Waals surface area (Å²) in [5.41, 5.74) is -0.957. The van der Waals surface area contributed by atoms with E-state index >= 15 is 0 Å². The van der Waals surface area contributed by atoms with Gasteiger partial charge in [-0.15, -0.1) is 23.1 Å². The third-order valence-electron chi connectivity index (χ3n) is 5.32. The molecule has 0 radical (unpaired) electrons. The molecule has 180 valence electrons. The number of benzene rings is 1. The van der Waals surface area contributed by atoms with Gasteiger partial charge in [-0.05, 0) is 29.2 Å². The summed E-state index contributed by atoms with van der Waals surface area (Å²) in [6, 6.07) is 5.87. The number of allylic oxidation sites excluding steroid dienone is 1. The molecule has 1 saturated heterocycles. The van der Waals surface area contributed by atoms with E-state index in [4.69, 9.17) is 0 Å². The lowest BCUT2D eigenvalue weighted by Gasteiger charge is -2.49. The molecule has 0 saturated carbocycles. The van der Waals surface area contributed by atoms with Gasteiger partial charge in [-0.25, -0.2) is 4.79 Å². The average molecular weight is 517 g/mol. The molecule has 2 N–H and O–H groups in total. The fraction of sp³-hybridized carbons (Fsp3) is 0.190. The Kier molecular flexibility index (Phi) is 6.66. The van der Waals surface area contributed by atoms with Crippen molar-refractivity contribution in [2.24, 2.45) is 0 Å². The van der Waals surface area contributed by atoms with Crippen LogP contribution in [0.15, 0.2) is 53.1 Å². The molecule has 1 aromatic heterocycles. The van der Waals surface area contributed by atoms with Gasteiger partial charge in [0.2, 0.25) is 5.91 Å². The topological polar surface area (TPSA) is 173 Å². The van der Waals surface area contributed by atoms with Crippen LogP contribution in [-0.4, -0.2) is 54.8 Å². The molecule has 2 aromatic rings. The second kappa shape index (κ2) is 9.68. The van der Waals surface area contributed by atoms with E-state index in [0.29, 0.717) is 0 Å². The first kappa shape index (κ1) is 24.1. The van der Waals surface area contributed by atoms with Crippen LogP contribution >= 0.6 is 23.1 Å². The molecule has 12 nitrogen and oxygen atoms in total. The monoisotopic (exact) mass is 516 g/mol. The normalized spacial score (nSPS) is 19.3. The van der Waals surface area contributed by atoms with E-state index in [1.165, 1.54) is 41.3 Å². The third kappa shape index (κ3) is 4.79. The van der Waals surface area contributed by atoms with Gasteiger partial charge in [0.1, 0.15) is 17.1 Å². The summed E-state index contributed by atoms with van der Waals surface area (Å²) in [5.74, 6) is -2.09. The number of thiophene rings is 1. The number of carboxylic acid groups (broad SMARTS) is 1. The third-order valence-corrected chi connectivity index (χ3v) is 7.50. The summed E-state index contributed by atoms with van der Waals surface area (Å²) in [6.45, 7) is 0. The molecule has 0 spiro atoms. The van der Waals surface area contributed by atoms with E-state index in [0.717, 1.165) is 21.9 Å². The predicted octanol–water partition coefficient (Wildman–Crippen LogP) is 2.56. The number of aliphatic carboxylic acids is 1. The molecule has 2 aliphatic heterocycles. The van der Waals surface area contributed by atoms with Crippen LogP contribution < -0.4 is 5.32 Å². The van der Waals surface area contributed by atoms with Crippen LogP contribution in [0.1, 0.15) is 10.4 Å². The summed E-state index contributed by atoms with van der Waals surface area (Å²) in [6.07, 6.45) is 2.74. The van der Waals surface area contributed by atoms with Gasteiger partial charge in [0, 0.05) is 16.7 Å². The van der Waals surface area contributed by atoms with Crippen molar-refractivity contribution in [2.75, 3.05) is 5.75 Å². The van der Waals surface area contributed by atoms with Gasteiger partial charge in [-0.3, -0.25) is 34.7 Å². The number of hydrogen-bond donors (Lipinski definition) is 2. The number of thioether (sulfide) groups is 1. The first-order valence-electron chi connectivity index (χ1n) is 10.0. The molecule has 2 amide bonds. The minimum atomic E-state index is -1.36. The molecule has 14 heteroatoms. The van der Waals surface area contributed by atoms with Crippen molar-refractivity contribution in [1.29, 1.82) is 0 Å². The number of nitro groups is 2. The van der Waals surface area contributed by atoms with Gasteiger partial charge in [0.25, 0.3) is 17.3 Å². The Morgan fingerprint density at radius 1 is 1.20 bits per heavy atom. The highest BCUT2D eigenvalue weighted by atomic mass is 32.2. The number of nitrogens with one attached hydrogen (secondary N) is 1. The highest BCUT2D eigenvalue weighted by molar-refractivity contribution is 8.00. The summed E-state index contributed by atoms with van der Waals surface area (Å²) in [7, 11) is 0. The lowest BCUT2D eigenvalue weighted by Crippen LogP contribution is -2.70. The lowest BCUT2D eigenvalue weighted by molar-refractivity contribution is -0.394. The zero-order valence-electron chi connectivity index (χ0n) is 17.7. The number of non-ortho nitro benzene ring substituents is 1. The molecule has 0 aliphatic carbocycles. The summed E-state index contributed by atoms with van der Waals surface area (Å²) >= 11 is 2.66. The number of carbonyl (C=O) groups is 3. The molecular weight excluding hydrogens is 500 g/mol. The molecule has 4 rings (SSSR count). The Morgan fingerprint density at radius 2 is 1.97 bits per heavy atom. The van der Waals surface area contributed by atoms with Crippen LogP contribution in [0.3, 0.4) is 0 Å². The lowest BCUT2D eigenvalue weighted by atomic mass is 10.0. The highest BCUT2D eigenvalue weighted by Crippen LogP contribution is 2.41. The number of fused-ring (bicyclic) bond motifs is 1. The molecule has 2 aliphatic rings. The highest BCUT2D eigenvalue weighted by Gasteiger charge is 2.53. The Labute approximate surface area is 205 Å². The van der Waals surface area contributed by atoms with Gasteiger partial charge >= 0.3 is 5.97 Å². The molecular formula is C21H16N4O8S2. The first-order chi connectivity index (χ1) is 16.7. The maximum absolute atomic E-state index is 12.7. The van der Waals surface area contributed by atoms with Crippen molar-refractivity contribution in [3.05, 3.63) is 83.7 Å². The van der Waals surface area contributed by atoms with Crippen molar-refractivity contribution in [1.82, 2.24) is 10.2 Å². The first-order valence-corrected chi connectivity index (χ1v) is 11.9. The van der Waals surface area contributed by atoms with Crippen molar-refractivity contribution < 1.29 is 29.3 Å². The van der Waals surface area contributed by atoms with E-state index in [2.05, 4.69) is 5.32 Å². The second-order valence-electron chi connectivity index (χ2n) is 7.48. The quantitative estimate of drug-likeness (QED) is 0.304. The Hall–Kier alpha value is -4.04. The smallest absolute Gasteiger partial charge is 0.352 e. The van der Waals surface area contributed by atoms with Crippen LogP contribution in [0.4, 0.5) is 11.4 Å². The fourth-order valence-electron chi connectivity index (χ4n) is 3.70. The fourth-order valence-corrected chi connectivity index (χ4v) is 5.72. The SMILES string of the molecule is O=C(Cc1cccs1)N[C@@H]1C(=O)N2C(C(=O)O)=C(C=Cc3ccc([N+](=O)[O-])cc3[N+](=O)[O-])CS[C@H]12. The van der Waals surface area contributed by atoms with E-state index in [9.17, 15) is 39.7 Å². The van der Waals surface area contributed by atoms with Crippen molar-refractivity contribution in [2.45, 2.75) is 17.8 Å². The molecule has 0 unspecified atom stereocenters. The number of carbonyl (C=O) groups excluding carboxylic acids is 2. The van der Waals surface area contributed by atoms with Crippen molar-refractivity contribution in [3.8, 4) is 0 Å². The number of hydrogen-bond acceptors (Lipinski definition) is 9. The van der Waals surface area contributed by atoms with E-state index in [-0.39, 0.29) is 34.9 Å². The zero-order chi connectivity index (χ0) is 25.3. The van der Waals surface area contributed by atoms with Gasteiger partial charge in [-0.2, -0.15) is 0 Å².